The summed E-state index contributed by atoms with van der Waals surface area (Å²) in [4.78, 5) is 23.9. The maximum Gasteiger partial charge on any atom is 0.409 e. The van der Waals surface area contributed by atoms with Crippen LogP contribution in [0.3, 0.4) is 0 Å². The Morgan fingerprint density at radius 1 is 1.11 bits per heavy atom. The highest BCUT2D eigenvalue weighted by atomic mass is 35.5. The maximum absolute atomic E-state index is 11.1. The van der Waals surface area contributed by atoms with Crippen LogP contribution in [0.1, 0.15) is 11.1 Å². The molecule has 4 N–H and O–H groups in total. The van der Waals surface area contributed by atoms with E-state index in [0.717, 1.165) is 22.5 Å². The van der Waals surface area contributed by atoms with Crippen LogP contribution in [-0.2, 0) is 12.8 Å². The number of pyridine rings is 1. The zero-order chi connectivity index (χ0) is 18.8. The van der Waals surface area contributed by atoms with E-state index in [0.29, 0.717) is 35.3 Å². The molecule has 3 heterocycles. The highest BCUT2D eigenvalue weighted by Crippen LogP contribution is 2.29. The van der Waals surface area contributed by atoms with Crippen LogP contribution in [0.15, 0.2) is 42.9 Å². The van der Waals surface area contributed by atoms with Gasteiger partial charge in [0.15, 0.2) is 5.82 Å². The van der Waals surface area contributed by atoms with Gasteiger partial charge in [-0.1, -0.05) is 11.6 Å². The molecule has 1 aromatic carbocycles. The minimum absolute atomic E-state index is 0.372. The number of nitrogens with one attached hydrogen (secondary N) is 3. The van der Waals surface area contributed by atoms with Crippen molar-refractivity contribution in [1.82, 2.24) is 15.0 Å². The Morgan fingerprint density at radius 3 is 2.85 bits per heavy atom. The van der Waals surface area contributed by atoms with Crippen LogP contribution in [0.25, 0.3) is 0 Å². The van der Waals surface area contributed by atoms with Crippen molar-refractivity contribution in [2.24, 2.45) is 0 Å². The third kappa shape index (κ3) is 3.90. The summed E-state index contributed by atoms with van der Waals surface area (Å²) in [5.74, 6) is 0.840. The highest BCUT2D eigenvalue weighted by molar-refractivity contribution is 6.32. The summed E-state index contributed by atoms with van der Waals surface area (Å²) in [5.41, 5.74) is 3.91. The van der Waals surface area contributed by atoms with E-state index < -0.39 is 6.09 Å². The summed E-state index contributed by atoms with van der Waals surface area (Å²) in [6.07, 6.45) is 5.20. The van der Waals surface area contributed by atoms with Gasteiger partial charge in [-0.05, 0) is 48.2 Å². The monoisotopic (exact) mass is 382 g/mol. The summed E-state index contributed by atoms with van der Waals surface area (Å²) in [6, 6.07) is 7.33. The first-order valence-electron chi connectivity index (χ1n) is 8.20. The number of aromatic nitrogens is 3. The molecule has 27 heavy (non-hydrogen) atoms. The summed E-state index contributed by atoms with van der Waals surface area (Å²) >= 11 is 6.22. The van der Waals surface area contributed by atoms with Gasteiger partial charge in [0.2, 0.25) is 5.95 Å². The Morgan fingerprint density at radius 2 is 2.00 bits per heavy atom. The molecule has 0 spiro atoms. The third-order valence-corrected chi connectivity index (χ3v) is 4.36. The molecule has 1 aliphatic rings. The van der Waals surface area contributed by atoms with Crippen molar-refractivity contribution in [2.75, 3.05) is 16.0 Å². The molecule has 1 amide bonds. The number of halogens is 1. The average Bonchev–Trinajstić information content (AvgIpc) is 2.64. The van der Waals surface area contributed by atoms with Crippen LogP contribution in [0.2, 0.25) is 5.02 Å². The van der Waals surface area contributed by atoms with Gasteiger partial charge in [0.1, 0.15) is 5.02 Å². The van der Waals surface area contributed by atoms with E-state index in [1.165, 1.54) is 6.20 Å². The van der Waals surface area contributed by atoms with Gasteiger partial charge in [-0.2, -0.15) is 4.98 Å². The van der Waals surface area contributed by atoms with Crippen LogP contribution in [0.4, 0.5) is 33.6 Å². The van der Waals surface area contributed by atoms with Gasteiger partial charge in [0, 0.05) is 17.6 Å². The summed E-state index contributed by atoms with van der Waals surface area (Å²) in [6.45, 7) is 0. The molecule has 136 valence electrons. The standard InChI is InChI=1S/C18H15ClN6O2/c19-14-9-21-17-23-13-5-10(7-20-8-13)1-2-11-6-12(22-16(14)25-17)3-4-15(11)24-18(26)27/h3-9,24H,1-2H2,(H,26,27)(H2,21,22,23,25). The number of rotatable bonds is 1. The Kier molecular flexibility index (Phi) is 4.47. The minimum atomic E-state index is -1.11. The number of hydrogen-bond acceptors (Lipinski definition) is 6. The predicted octanol–water partition coefficient (Wildman–Crippen LogP) is 4.20. The SMILES string of the molecule is O=C(O)Nc1ccc2cc1CCc1cncc(c1)Nc1ncc(Cl)c(n1)N2. The highest BCUT2D eigenvalue weighted by Gasteiger charge is 2.12. The smallest absolute Gasteiger partial charge is 0.409 e. The number of benzene rings is 1. The summed E-state index contributed by atoms with van der Waals surface area (Å²) in [5, 5.41) is 18.2. The number of fused-ring (bicyclic) bond motifs is 6. The molecule has 0 fully saturated rings. The Labute approximate surface area is 159 Å². The lowest BCUT2D eigenvalue weighted by Gasteiger charge is -2.13. The lowest BCUT2D eigenvalue weighted by molar-refractivity contribution is 0.209. The molecule has 0 radical (unpaired) electrons. The molecule has 0 saturated carbocycles. The molecule has 0 aliphatic carbocycles. The molecule has 0 unspecified atom stereocenters. The van der Waals surface area contributed by atoms with Crippen molar-refractivity contribution < 1.29 is 9.90 Å². The molecule has 8 nitrogen and oxygen atoms in total. The van der Waals surface area contributed by atoms with Crippen LogP contribution in [0, 0.1) is 0 Å². The number of carbonyl (C=O) groups is 1. The van der Waals surface area contributed by atoms with Gasteiger partial charge in [-0.15, -0.1) is 0 Å². The molecule has 2 aromatic heterocycles. The molecule has 3 aromatic rings. The third-order valence-electron chi connectivity index (χ3n) is 4.09. The number of hydrogen-bond donors (Lipinski definition) is 4. The lowest BCUT2D eigenvalue weighted by atomic mass is 10.0. The fourth-order valence-corrected chi connectivity index (χ4v) is 3.01. The van der Waals surface area contributed by atoms with E-state index in [2.05, 4.69) is 30.9 Å². The topological polar surface area (TPSA) is 112 Å². The average molecular weight is 383 g/mol. The zero-order valence-electron chi connectivity index (χ0n) is 14.0. The second-order valence-electron chi connectivity index (χ2n) is 6.02. The second-order valence-corrected chi connectivity index (χ2v) is 6.43. The Balaban J connectivity index is 1.81. The fraction of sp³-hybridized carbons (Fsp3) is 0.111. The summed E-state index contributed by atoms with van der Waals surface area (Å²) in [7, 11) is 0. The van der Waals surface area contributed by atoms with Gasteiger partial charge in [0.25, 0.3) is 0 Å². The Hall–Kier alpha value is -3.39. The number of aryl methyl sites for hydroxylation is 2. The summed E-state index contributed by atoms with van der Waals surface area (Å²) < 4.78 is 0. The number of anilines is 5. The van der Waals surface area contributed by atoms with Crippen LogP contribution < -0.4 is 16.0 Å². The van der Waals surface area contributed by atoms with Gasteiger partial charge < -0.3 is 15.7 Å². The van der Waals surface area contributed by atoms with E-state index in [1.807, 2.05) is 12.1 Å². The number of carboxylic acid groups (broad SMARTS) is 1. The van der Waals surface area contributed by atoms with Crippen molar-refractivity contribution in [3.05, 3.63) is 59.0 Å². The largest absolute Gasteiger partial charge is 0.465 e. The van der Waals surface area contributed by atoms with E-state index >= 15 is 0 Å². The van der Waals surface area contributed by atoms with E-state index in [9.17, 15) is 4.79 Å². The second kappa shape index (κ2) is 7.08. The molecule has 6 bridgehead atoms. The van der Waals surface area contributed by atoms with Crippen molar-refractivity contribution in [2.45, 2.75) is 12.8 Å². The maximum atomic E-state index is 11.1. The van der Waals surface area contributed by atoms with Crippen molar-refractivity contribution in [3.63, 3.8) is 0 Å². The first-order chi connectivity index (χ1) is 13.1. The van der Waals surface area contributed by atoms with Gasteiger partial charge in [-0.3, -0.25) is 10.3 Å². The zero-order valence-corrected chi connectivity index (χ0v) is 14.8. The first-order valence-corrected chi connectivity index (χ1v) is 8.58. The molecular weight excluding hydrogens is 368 g/mol. The number of amides is 1. The molecule has 9 heteroatoms. The van der Waals surface area contributed by atoms with Crippen molar-refractivity contribution in [1.29, 1.82) is 0 Å². The normalized spacial score (nSPS) is 12.5. The van der Waals surface area contributed by atoms with Crippen molar-refractivity contribution >= 4 is 46.5 Å². The Bertz CT molecular complexity index is 1030. The lowest BCUT2D eigenvalue weighted by Crippen LogP contribution is -2.10. The van der Waals surface area contributed by atoms with E-state index in [-0.39, 0.29) is 0 Å². The molecule has 0 saturated heterocycles. The number of nitrogens with zero attached hydrogens (tertiary/aromatic N) is 3. The van der Waals surface area contributed by atoms with Crippen LogP contribution in [0.5, 0.6) is 0 Å². The molecule has 4 rings (SSSR count). The fourth-order valence-electron chi connectivity index (χ4n) is 2.87. The van der Waals surface area contributed by atoms with E-state index in [4.69, 9.17) is 16.7 Å². The minimum Gasteiger partial charge on any atom is -0.465 e. The first kappa shape index (κ1) is 17.0. The van der Waals surface area contributed by atoms with Gasteiger partial charge in [0.05, 0.1) is 18.1 Å². The van der Waals surface area contributed by atoms with E-state index in [1.54, 1.807) is 24.5 Å². The van der Waals surface area contributed by atoms with Gasteiger partial charge in [-0.25, -0.2) is 9.78 Å². The molecule has 1 aliphatic heterocycles. The van der Waals surface area contributed by atoms with Crippen LogP contribution >= 0.6 is 11.6 Å². The van der Waals surface area contributed by atoms with Crippen LogP contribution in [-0.4, -0.2) is 26.2 Å². The quantitative estimate of drug-likeness (QED) is 0.499. The van der Waals surface area contributed by atoms with Gasteiger partial charge >= 0.3 is 6.09 Å². The van der Waals surface area contributed by atoms with Crippen molar-refractivity contribution in [3.8, 4) is 0 Å². The molecular formula is C18H15ClN6O2. The predicted molar refractivity (Wildman–Crippen MR) is 103 cm³/mol. The molecule has 0 atom stereocenters.